The average molecular weight is 301 g/mol. The largest absolute Gasteiger partial charge is 0.455 e. The Kier molecular flexibility index (Phi) is 4.40. The van der Waals surface area contributed by atoms with Crippen LogP contribution in [0, 0.1) is 18.3 Å². The summed E-state index contributed by atoms with van der Waals surface area (Å²) in [6.45, 7) is 6.10. The standard InChI is InChI=1S/C17H17ClN2O/c1-10(2)13-8-15(20)11(3)6-17(13)21-16-5-4-12(9-19)7-14(16)18/h4-8,10H,20H2,1-3H3. The second-order valence-electron chi connectivity index (χ2n) is 5.26. The Hall–Kier alpha value is -2.18. The molecule has 0 fully saturated rings. The lowest BCUT2D eigenvalue weighted by molar-refractivity contribution is 0.473. The van der Waals surface area contributed by atoms with Crippen LogP contribution in [0.1, 0.15) is 36.5 Å². The van der Waals surface area contributed by atoms with Crippen LogP contribution in [0.3, 0.4) is 0 Å². The molecule has 0 heterocycles. The number of hydrogen-bond acceptors (Lipinski definition) is 3. The van der Waals surface area contributed by atoms with Crippen molar-refractivity contribution in [2.24, 2.45) is 0 Å². The smallest absolute Gasteiger partial charge is 0.146 e. The number of nitrogens with zero attached hydrogens (tertiary/aromatic N) is 1. The Morgan fingerprint density at radius 2 is 1.90 bits per heavy atom. The van der Waals surface area contributed by atoms with Crippen molar-refractivity contribution in [3.8, 4) is 17.6 Å². The summed E-state index contributed by atoms with van der Waals surface area (Å²) < 4.78 is 5.94. The molecule has 0 amide bonds. The van der Waals surface area contributed by atoms with Gasteiger partial charge in [0, 0.05) is 5.69 Å². The van der Waals surface area contributed by atoms with Gasteiger partial charge in [0.2, 0.25) is 0 Å². The number of halogens is 1. The van der Waals surface area contributed by atoms with Gasteiger partial charge in [-0.25, -0.2) is 0 Å². The van der Waals surface area contributed by atoms with Crippen LogP contribution in [0.4, 0.5) is 5.69 Å². The molecule has 0 atom stereocenters. The van der Waals surface area contributed by atoms with Gasteiger partial charge in [-0.3, -0.25) is 0 Å². The molecule has 0 aliphatic rings. The summed E-state index contributed by atoms with van der Waals surface area (Å²) in [6.07, 6.45) is 0. The van der Waals surface area contributed by atoms with Gasteiger partial charge in [0.1, 0.15) is 11.5 Å². The molecule has 2 aromatic rings. The second-order valence-corrected chi connectivity index (χ2v) is 5.67. The van der Waals surface area contributed by atoms with E-state index in [4.69, 9.17) is 27.3 Å². The van der Waals surface area contributed by atoms with Gasteiger partial charge >= 0.3 is 0 Å². The van der Waals surface area contributed by atoms with Gasteiger partial charge in [0.25, 0.3) is 0 Å². The van der Waals surface area contributed by atoms with Crippen molar-refractivity contribution in [3.05, 3.63) is 52.0 Å². The van der Waals surface area contributed by atoms with Crippen molar-refractivity contribution in [2.45, 2.75) is 26.7 Å². The van der Waals surface area contributed by atoms with Crippen molar-refractivity contribution >= 4 is 17.3 Å². The number of nitrogens with two attached hydrogens (primary N) is 1. The molecule has 0 saturated heterocycles. The molecule has 0 unspecified atom stereocenters. The average Bonchev–Trinajstić information content (AvgIpc) is 2.44. The van der Waals surface area contributed by atoms with Gasteiger partial charge in [-0.2, -0.15) is 5.26 Å². The van der Waals surface area contributed by atoms with Gasteiger partial charge in [-0.1, -0.05) is 25.4 Å². The highest BCUT2D eigenvalue weighted by molar-refractivity contribution is 6.32. The quantitative estimate of drug-likeness (QED) is 0.810. The number of ether oxygens (including phenoxy) is 1. The number of rotatable bonds is 3. The van der Waals surface area contributed by atoms with Crippen molar-refractivity contribution < 1.29 is 4.74 Å². The van der Waals surface area contributed by atoms with E-state index in [-0.39, 0.29) is 5.92 Å². The number of nitrogen functional groups attached to an aromatic ring is 1. The van der Waals surface area contributed by atoms with Crippen LogP contribution in [0.2, 0.25) is 5.02 Å². The van der Waals surface area contributed by atoms with E-state index in [9.17, 15) is 0 Å². The number of aryl methyl sites for hydroxylation is 1. The molecule has 0 aromatic heterocycles. The molecular formula is C17H17ClN2O. The Morgan fingerprint density at radius 1 is 1.19 bits per heavy atom. The Labute approximate surface area is 129 Å². The molecule has 0 spiro atoms. The molecule has 0 radical (unpaired) electrons. The predicted octanol–water partition coefficient (Wildman–Crippen LogP) is 5.02. The summed E-state index contributed by atoms with van der Waals surface area (Å²) >= 11 is 6.16. The third-order valence-corrected chi connectivity index (χ3v) is 3.60. The zero-order valence-electron chi connectivity index (χ0n) is 12.3. The molecule has 0 bridgehead atoms. The second kappa shape index (κ2) is 6.07. The number of anilines is 1. The fourth-order valence-electron chi connectivity index (χ4n) is 2.03. The van der Waals surface area contributed by atoms with Crippen molar-refractivity contribution in [3.63, 3.8) is 0 Å². The van der Waals surface area contributed by atoms with Crippen molar-refractivity contribution in [2.75, 3.05) is 5.73 Å². The van der Waals surface area contributed by atoms with Crippen LogP contribution in [0.5, 0.6) is 11.5 Å². The lowest BCUT2D eigenvalue weighted by atomic mass is 9.99. The fraction of sp³-hybridized carbons (Fsp3) is 0.235. The molecule has 2 aromatic carbocycles. The Balaban J connectivity index is 2.44. The molecule has 0 saturated carbocycles. The van der Waals surface area contributed by atoms with Crippen LogP contribution >= 0.6 is 11.6 Å². The molecule has 0 aliphatic heterocycles. The van der Waals surface area contributed by atoms with E-state index in [0.717, 1.165) is 22.6 Å². The first-order valence-corrected chi connectivity index (χ1v) is 7.07. The molecule has 0 aliphatic carbocycles. The molecular weight excluding hydrogens is 284 g/mol. The van der Waals surface area contributed by atoms with Crippen LogP contribution in [-0.2, 0) is 0 Å². The van der Waals surface area contributed by atoms with Crippen molar-refractivity contribution in [1.29, 1.82) is 5.26 Å². The van der Waals surface area contributed by atoms with Gasteiger partial charge in [0.15, 0.2) is 0 Å². The SMILES string of the molecule is Cc1cc(Oc2ccc(C#N)cc2Cl)c(C(C)C)cc1N. The summed E-state index contributed by atoms with van der Waals surface area (Å²) in [4.78, 5) is 0. The zero-order valence-corrected chi connectivity index (χ0v) is 13.0. The first kappa shape index (κ1) is 15.2. The molecule has 4 heteroatoms. The normalized spacial score (nSPS) is 10.5. The van der Waals surface area contributed by atoms with E-state index in [1.54, 1.807) is 18.2 Å². The monoisotopic (exact) mass is 300 g/mol. The number of hydrogen-bond donors (Lipinski definition) is 1. The van der Waals surface area contributed by atoms with Crippen LogP contribution in [-0.4, -0.2) is 0 Å². The summed E-state index contributed by atoms with van der Waals surface area (Å²) in [5.41, 5.74) is 9.21. The minimum Gasteiger partial charge on any atom is -0.455 e. The topological polar surface area (TPSA) is 59.0 Å². The lowest BCUT2D eigenvalue weighted by Gasteiger charge is -2.17. The maximum atomic E-state index is 8.86. The predicted molar refractivity (Wildman–Crippen MR) is 85.9 cm³/mol. The van der Waals surface area contributed by atoms with Crippen LogP contribution in [0.15, 0.2) is 30.3 Å². The molecule has 2 N–H and O–H groups in total. The number of benzene rings is 2. The van der Waals surface area contributed by atoms with E-state index in [2.05, 4.69) is 13.8 Å². The maximum absolute atomic E-state index is 8.86. The summed E-state index contributed by atoms with van der Waals surface area (Å²) in [6, 6.07) is 10.9. The minimum absolute atomic E-state index is 0.278. The van der Waals surface area contributed by atoms with Gasteiger partial charge in [-0.15, -0.1) is 0 Å². The highest BCUT2D eigenvalue weighted by Gasteiger charge is 2.13. The van der Waals surface area contributed by atoms with Crippen LogP contribution < -0.4 is 10.5 Å². The summed E-state index contributed by atoms with van der Waals surface area (Å²) in [5.74, 6) is 1.55. The maximum Gasteiger partial charge on any atom is 0.146 e. The molecule has 3 nitrogen and oxygen atoms in total. The highest BCUT2D eigenvalue weighted by Crippen LogP contribution is 2.36. The Morgan fingerprint density at radius 3 is 2.48 bits per heavy atom. The lowest BCUT2D eigenvalue weighted by Crippen LogP contribution is -1.99. The van der Waals surface area contributed by atoms with Gasteiger partial charge in [0.05, 0.1) is 16.7 Å². The summed E-state index contributed by atoms with van der Waals surface area (Å²) in [5, 5.41) is 9.28. The highest BCUT2D eigenvalue weighted by atomic mass is 35.5. The van der Waals surface area contributed by atoms with E-state index >= 15 is 0 Å². The summed E-state index contributed by atoms with van der Waals surface area (Å²) in [7, 11) is 0. The van der Waals surface area contributed by atoms with E-state index in [1.807, 2.05) is 25.1 Å². The van der Waals surface area contributed by atoms with Crippen LogP contribution in [0.25, 0.3) is 0 Å². The first-order chi connectivity index (χ1) is 9.92. The molecule has 2 rings (SSSR count). The third kappa shape index (κ3) is 3.29. The third-order valence-electron chi connectivity index (χ3n) is 3.30. The zero-order chi connectivity index (χ0) is 15.6. The Bertz CT molecular complexity index is 717. The van der Waals surface area contributed by atoms with E-state index < -0.39 is 0 Å². The number of nitriles is 1. The van der Waals surface area contributed by atoms with E-state index in [0.29, 0.717) is 16.3 Å². The fourth-order valence-corrected chi connectivity index (χ4v) is 2.25. The minimum atomic E-state index is 0.278. The molecule has 21 heavy (non-hydrogen) atoms. The van der Waals surface area contributed by atoms with Gasteiger partial charge in [-0.05, 0) is 54.3 Å². The first-order valence-electron chi connectivity index (χ1n) is 6.70. The van der Waals surface area contributed by atoms with Crippen molar-refractivity contribution in [1.82, 2.24) is 0 Å². The van der Waals surface area contributed by atoms with E-state index in [1.165, 1.54) is 0 Å². The molecule has 108 valence electrons. The van der Waals surface area contributed by atoms with Gasteiger partial charge < -0.3 is 10.5 Å².